The van der Waals surface area contributed by atoms with Crippen LogP contribution in [0.15, 0.2) is 24.3 Å². The second kappa shape index (κ2) is 5.69. The molecule has 2 rings (SSSR count). The van der Waals surface area contributed by atoms with Gasteiger partial charge in [-0.25, -0.2) is 0 Å². The Bertz CT molecular complexity index is 652. The van der Waals surface area contributed by atoms with Gasteiger partial charge in [-0.15, -0.1) is 0 Å². The van der Waals surface area contributed by atoms with Crippen LogP contribution < -0.4 is 0 Å². The average molecular weight is 319 g/mol. The van der Waals surface area contributed by atoms with Crippen molar-refractivity contribution in [2.24, 2.45) is 7.05 Å². The summed E-state index contributed by atoms with van der Waals surface area (Å²) in [5.41, 5.74) is 0.0662. The normalized spacial score (nSPS) is 13.5. The molecule has 1 aromatic carbocycles. The Morgan fingerprint density at radius 3 is 2.48 bits per heavy atom. The molecule has 2 aromatic rings. The van der Waals surface area contributed by atoms with Crippen molar-refractivity contribution in [1.82, 2.24) is 9.78 Å². The summed E-state index contributed by atoms with van der Waals surface area (Å²) in [5.74, 6) is 0. The van der Waals surface area contributed by atoms with Gasteiger partial charge in [0.15, 0.2) is 0 Å². The van der Waals surface area contributed by atoms with Crippen molar-refractivity contribution in [3.05, 3.63) is 51.8 Å². The molecular formula is C14H14ClF3N2O. The highest BCUT2D eigenvalue weighted by Crippen LogP contribution is 2.36. The number of alkyl halides is 3. The van der Waals surface area contributed by atoms with Gasteiger partial charge in [0.1, 0.15) is 0 Å². The van der Waals surface area contributed by atoms with Crippen molar-refractivity contribution < 1.29 is 18.3 Å². The van der Waals surface area contributed by atoms with Gasteiger partial charge in [0.05, 0.1) is 28.1 Å². The van der Waals surface area contributed by atoms with Crippen molar-refractivity contribution in [3.8, 4) is 0 Å². The second-order valence-electron chi connectivity index (χ2n) is 4.77. The van der Waals surface area contributed by atoms with E-state index < -0.39 is 17.8 Å². The molecule has 0 bridgehead atoms. The summed E-state index contributed by atoms with van der Waals surface area (Å²) in [4.78, 5) is 0. The number of hydrogen-bond donors (Lipinski definition) is 1. The molecule has 0 saturated carbocycles. The Morgan fingerprint density at radius 1 is 1.33 bits per heavy atom. The van der Waals surface area contributed by atoms with E-state index in [0.717, 1.165) is 6.07 Å². The van der Waals surface area contributed by atoms with Gasteiger partial charge >= 0.3 is 6.18 Å². The Kier molecular flexibility index (Phi) is 4.30. The number of halogens is 4. The molecule has 1 unspecified atom stereocenters. The third kappa shape index (κ3) is 3.22. The predicted molar refractivity (Wildman–Crippen MR) is 73.1 cm³/mol. The largest absolute Gasteiger partial charge is 0.416 e. The first-order valence-electron chi connectivity index (χ1n) is 6.24. The minimum atomic E-state index is -4.51. The Hall–Kier alpha value is -1.53. The first-order valence-corrected chi connectivity index (χ1v) is 6.61. The van der Waals surface area contributed by atoms with E-state index in [2.05, 4.69) is 5.10 Å². The molecule has 1 heterocycles. The summed E-state index contributed by atoms with van der Waals surface area (Å²) >= 11 is 6.06. The monoisotopic (exact) mass is 318 g/mol. The fraction of sp³-hybridized carbons (Fsp3) is 0.357. The molecular weight excluding hydrogens is 305 g/mol. The predicted octanol–water partition coefficient (Wildman–Crippen LogP) is 3.68. The average Bonchev–Trinajstić information content (AvgIpc) is 2.64. The summed E-state index contributed by atoms with van der Waals surface area (Å²) in [5, 5.41) is 14.6. The van der Waals surface area contributed by atoms with Gasteiger partial charge in [0.25, 0.3) is 0 Å². The summed E-state index contributed by atoms with van der Waals surface area (Å²) in [6.07, 6.45) is -5.86. The van der Waals surface area contributed by atoms with Crippen molar-refractivity contribution in [2.75, 3.05) is 0 Å². The van der Waals surface area contributed by atoms with Crippen LogP contribution in [-0.2, 0) is 19.6 Å². The van der Waals surface area contributed by atoms with E-state index in [9.17, 15) is 18.3 Å². The van der Waals surface area contributed by atoms with Crippen LogP contribution in [0.1, 0.15) is 28.6 Å². The molecule has 0 spiro atoms. The molecule has 0 aliphatic rings. The van der Waals surface area contributed by atoms with Crippen LogP contribution in [0.3, 0.4) is 0 Å². The molecule has 1 atom stereocenters. The minimum absolute atomic E-state index is 0.0384. The zero-order valence-corrected chi connectivity index (χ0v) is 12.2. The molecule has 21 heavy (non-hydrogen) atoms. The van der Waals surface area contributed by atoms with Gasteiger partial charge in [-0.05, 0) is 18.6 Å². The number of rotatable bonds is 3. The lowest BCUT2D eigenvalue weighted by Crippen LogP contribution is -2.14. The van der Waals surface area contributed by atoms with E-state index in [0.29, 0.717) is 16.4 Å². The first-order chi connectivity index (χ1) is 9.71. The molecule has 114 valence electrons. The van der Waals surface area contributed by atoms with Crippen molar-refractivity contribution in [3.63, 3.8) is 0 Å². The van der Waals surface area contributed by atoms with E-state index in [1.54, 1.807) is 14.0 Å². The molecule has 1 N–H and O–H groups in total. The Balaban J connectivity index is 2.35. The molecule has 7 heteroatoms. The summed E-state index contributed by atoms with van der Waals surface area (Å²) in [6.45, 7) is 1.70. The maximum absolute atomic E-state index is 13.0. The summed E-state index contributed by atoms with van der Waals surface area (Å²) < 4.78 is 40.3. The quantitative estimate of drug-likeness (QED) is 0.937. The Labute approximate surface area is 125 Å². The first kappa shape index (κ1) is 15.9. The van der Waals surface area contributed by atoms with E-state index in [1.165, 1.54) is 22.9 Å². The number of nitrogens with zero attached hydrogens (tertiary/aromatic N) is 2. The fourth-order valence-electron chi connectivity index (χ4n) is 2.24. The lowest BCUT2D eigenvalue weighted by atomic mass is 9.98. The van der Waals surface area contributed by atoms with Crippen LogP contribution >= 0.6 is 11.6 Å². The van der Waals surface area contributed by atoms with Crippen LogP contribution in [0.2, 0.25) is 5.02 Å². The number of benzene rings is 1. The number of aromatic nitrogens is 2. The lowest BCUT2D eigenvalue weighted by Gasteiger charge is -2.17. The van der Waals surface area contributed by atoms with Crippen LogP contribution in [0.4, 0.5) is 13.2 Å². The maximum Gasteiger partial charge on any atom is 0.416 e. The van der Waals surface area contributed by atoms with Crippen molar-refractivity contribution in [1.29, 1.82) is 0 Å². The van der Waals surface area contributed by atoms with E-state index in [1.807, 2.05) is 0 Å². The molecule has 0 aliphatic heterocycles. The number of aryl methyl sites for hydroxylation is 2. The van der Waals surface area contributed by atoms with Gasteiger partial charge in [0, 0.05) is 13.5 Å². The van der Waals surface area contributed by atoms with E-state index in [4.69, 9.17) is 11.6 Å². The molecule has 0 saturated heterocycles. The zero-order chi connectivity index (χ0) is 15.8. The van der Waals surface area contributed by atoms with E-state index in [-0.39, 0.29) is 12.0 Å². The van der Waals surface area contributed by atoms with Gasteiger partial charge in [-0.2, -0.15) is 18.3 Å². The van der Waals surface area contributed by atoms with Crippen LogP contribution in [0.25, 0.3) is 0 Å². The fourth-order valence-corrected chi connectivity index (χ4v) is 2.48. The van der Waals surface area contributed by atoms with Gasteiger partial charge < -0.3 is 5.11 Å². The SMILES string of the molecule is Cc1nn(C)c(CC(O)c2ccccc2C(F)(F)F)c1Cl. The van der Waals surface area contributed by atoms with Crippen LogP contribution in [-0.4, -0.2) is 14.9 Å². The molecule has 1 aromatic heterocycles. The second-order valence-corrected chi connectivity index (χ2v) is 5.15. The molecule has 0 amide bonds. The molecule has 0 aliphatic carbocycles. The third-order valence-corrected chi connectivity index (χ3v) is 3.77. The van der Waals surface area contributed by atoms with Crippen molar-refractivity contribution in [2.45, 2.75) is 25.6 Å². The number of aliphatic hydroxyl groups is 1. The molecule has 3 nitrogen and oxygen atoms in total. The van der Waals surface area contributed by atoms with Gasteiger partial charge in [-0.1, -0.05) is 29.8 Å². The lowest BCUT2D eigenvalue weighted by molar-refractivity contribution is -0.139. The highest BCUT2D eigenvalue weighted by atomic mass is 35.5. The molecule has 0 radical (unpaired) electrons. The van der Waals surface area contributed by atoms with Gasteiger partial charge in [0.2, 0.25) is 0 Å². The standard InChI is InChI=1S/C14H14ClF3N2O/c1-8-13(15)11(20(2)19-8)7-12(21)9-5-3-4-6-10(9)14(16,17)18/h3-6,12,21H,7H2,1-2H3. The molecule has 0 fully saturated rings. The van der Waals surface area contributed by atoms with Crippen LogP contribution in [0, 0.1) is 6.92 Å². The highest BCUT2D eigenvalue weighted by molar-refractivity contribution is 6.31. The highest BCUT2D eigenvalue weighted by Gasteiger charge is 2.35. The van der Waals surface area contributed by atoms with Gasteiger partial charge in [-0.3, -0.25) is 4.68 Å². The smallest absolute Gasteiger partial charge is 0.388 e. The van der Waals surface area contributed by atoms with E-state index >= 15 is 0 Å². The Morgan fingerprint density at radius 2 is 1.95 bits per heavy atom. The minimum Gasteiger partial charge on any atom is -0.388 e. The summed E-state index contributed by atoms with van der Waals surface area (Å²) in [6, 6.07) is 4.98. The van der Waals surface area contributed by atoms with Crippen LogP contribution in [0.5, 0.6) is 0 Å². The third-order valence-electron chi connectivity index (χ3n) is 3.27. The summed E-state index contributed by atoms with van der Waals surface area (Å²) in [7, 11) is 1.64. The number of hydrogen-bond acceptors (Lipinski definition) is 2. The number of aliphatic hydroxyl groups excluding tert-OH is 1. The zero-order valence-electron chi connectivity index (χ0n) is 11.4. The maximum atomic E-state index is 13.0. The topological polar surface area (TPSA) is 38.0 Å². The van der Waals surface area contributed by atoms with Crippen molar-refractivity contribution >= 4 is 11.6 Å².